The fourth-order valence-corrected chi connectivity index (χ4v) is 3.41. The van der Waals surface area contributed by atoms with Crippen LogP contribution < -0.4 is 0 Å². The molecule has 0 aromatic heterocycles. The van der Waals surface area contributed by atoms with Crippen LogP contribution in [-0.2, 0) is 4.74 Å². The van der Waals surface area contributed by atoms with Crippen molar-refractivity contribution >= 4 is 0 Å². The van der Waals surface area contributed by atoms with Gasteiger partial charge in [0, 0.05) is 25.2 Å². The van der Waals surface area contributed by atoms with Crippen molar-refractivity contribution in [1.29, 1.82) is 0 Å². The lowest BCUT2D eigenvalue weighted by Gasteiger charge is -2.43. The third kappa shape index (κ3) is 3.80. The maximum atomic E-state index is 5.48. The molecule has 0 saturated carbocycles. The van der Waals surface area contributed by atoms with Crippen LogP contribution >= 0.6 is 0 Å². The molecule has 3 heteroatoms. The predicted molar refractivity (Wildman–Crippen MR) is 80.5 cm³/mol. The maximum absolute atomic E-state index is 5.48. The Morgan fingerprint density at radius 3 is 2.32 bits per heavy atom. The minimum atomic E-state index is 0.179. The lowest BCUT2D eigenvalue weighted by Crippen LogP contribution is -2.51. The summed E-state index contributed by atoms with van der Waals surface area (Å²) in [7, 11) is 0. The third-order valence-corrected chi connectivity index (χ3v) is 4.83. The van der Waals surface area contributed by atoms with Crippen molar-refractivity contribution < 1.29 is 4.74 Å². The Labute approximate surface area is 118 Å². The lowest BCUT2D eigenvalue weighted by molar-refractivity contribution is 0.000288. The van der Waals surface area contributed by atoms with Gasteiger partial charge in [-0.1, -0.05) is 11.6 Å². The Kier molecular flexibility index (Phi) is 5.43. The molecule has 19 heavy (non-hydrogen) atoms. The van der Waals surface area contributed by atoms with Gasteiger partial charge in [0.15, 0.2) is 0 Å². The topological polar surface area (TPSA) is 15.7 Å². The van der Waals surface area contributed by atoms with Gasteiger partial charge in [-0.2, -0.15) is 0 Å². The fourth-order valence-electron chi connectivity index (χ4n) is 3.41. The number of hydrogen-bond acceptors (Lipinski definition) is 3. The first-order valence-corrected chi connectivity index (χ1v) is 7.85. The van der Waals surface area contributed by atoms with Crippen molar-refractivity contribution in [3.63, 3.8) is 0 Å². The minimum Gasteiger partial charge on any atom is -0.379 e. The molecule has 0 aromatic carbocycles. The molecular weight excluding hydrogens is 236 g/mol. The summed E-state index contributed by atoms with van der Waals surface area (Å²) in [5.41, 5.74) is 1.76. The Bertz CT molecular complexity index is 300. The summed E-state index contributed by atoms with van der Waals surface area (Å²) in [5, 5.41) is 0. The summed E-state index contributed by atoms with van der Waals surface area (Å²) in [4.78, 5) is 5.19. The molecule has 0 N–H and O–H groups in total. The maximum Gasteiger partial charge on any atom is 0.0594 e. The number of nitrogens with zero attached hydrogens (tertiary/aromatic N) is 2. The van der Waals surface area contributed by atoms with E-state index in [9.17, 15) is 0 Å². The van der Waals surface area contributed by atoms with E-state index in [1.165, 1.54) is 38.9 Å². The van der Waals surface area contributed by atoms with Crippen molar-refractivity contribution in [2.75, 3.05) is 45.9 Å². The summed E-state index contributed by atoms with van der Waals surface area (Å²) in [6, 6.07) is 0. The van der Waals surface area contributed by atoms with E-state index >= 15 is 0 Å². The van der Waals surface area contributed by atoms with Gasteiger partial charge in [0.1, 0.15) is 0 Å². The molecule has 0 radical (unpaired) electrons. The van der Waals surface area contributed by atoms with E-state index in [0.29, 0.717) is 0 Å². The molecule has 0 aliphatic carbocycles. The quantitative estimate of drug-likeness (QED) is 0.711. The summed E-state index contributed by atoms with van der Waals surface area (Å²) < 4.78 is 5.48. The highest BCUT2D eigenvalue weighted by Crippen LogP contribution is 2.28. The van der Waals surface area contributed by atoms with Crippen LogP contribution in [0.2, 0.25) is 0 Å². The third-order valence-electron chi connectivity index (χ3n) is 4.83. The van der Waals surface area contributed by atoms with Gasteiger partial charge in [-0.05, 0) is 53.1 Å². The standard InChI is InChI=1S/C16H30N2O/c1-4-15(7-10-17-8-5-6-9-17)16(2,3)18-11-13-19-14-12-18/h4H,5-14H2,1-3H3. The normalized spacial score (nSPS) is 24.1. The van der Waals surface area contributed by atoms with E-state index in [4.69, 9.17) is 4.74 Å². The van der Waals surface area contributed by atoms with Crippen molar-refractivity contribution in [1.82, 2.24) is 9.80 Å². The number of hydrogen-bond donors (Lipinski definition) is 0. The van der Waals surface area contributed by atoms with Crippen LogP contribution in [0.3, 0.4) is 0 Å². The zero-order valence-electron chi connectivity index (χ0n) is 13.0. The fraction of sp³-hybridized carbons (Fsp3) is 0.875. The smallest absolute Gasteiger partial charge is 0.0594 e. The average molecular weight is 266 g/mol. The van der Waals surface area contributed by atoms with Crippen LogP contribution in [0, 0.1) is 0 Å². The predicted octanol–water partition coefficient (Wildman–Crippen LogP) is 2.53. The van der Waals surface area contributed by atoms with Crippen LogP contribution in [0.25, 0.3) is 0 Å². The van der Waals surface area contributed by atoms with Crippen LogP contribution in [-0.4, -0.2) is 61.3 Å². The van der Waals surface area contributed by atoms with Crippen molar-refractivity contribution in [2.24, 2.45) is 0 Å². The van der Waals surface area contributed by atoms with Gasteiger partial charge < -0.3 is 9.64 Å². The minimum absolute atomic E-state index is 0.179. The molecular formula is C16H30N2O. The monoisotopic (exact) mass is 266 g/mol. The molecule has 0 aromatic rings. The molecule has 2 aliphatic rings. The zero-order valence-corrected chi connectivity index (χ0v) is 13.0. The molecule has 2 saturated heterocycles. The summed E-state index contributed by atoms with van der Waals surface area (Å²) >= 11 is 0. The molecule has 2 fully saturated rings. The molecule has 0 unspecified atom stereocenters. The average Bonchev–Trinajstić information content (AvgIpc) is 2.93. The Balaban J connectivity index is 1.90. The second-order valence-electron chi connectivity index (χ2n) is 6.27. The Hall–Kier alpha value is -0.380. The van der Waals surface area contributed by atoms with E-state index in [-0.39, 0.29) is 5.54 Å². The van der Waals surface area contributed by atoms with Crippen LogP contribution in [0.1, 0.15) is 40.0 Å². The largest absolute Gasteiger partial charge is 0.379 e. The van der Waals surface area contributed by atoms with Crippen molar-refractivity contribution in [3.8, 4) is 0 Å². The number of ether oxygens (including phenoxy) is 1. The van der Waals surface area contributed by atoms with E-state index in [2.05, 4.69) is 36.6 Å². The van der Waals surface area contributed by atoms with Gasteiger partial charge in [0.05, 0.1) is 13.2 Å². The Morgan fingerprint density at radius 1 is 1.11 bits per heavy atom. The van der Waals surface area contributed by atoms with E-state index in [0.717, 1.165) is 26.3 Å². The number of morpholine rings is 1. The van der Waals surface area contributed by atoms with Gasteiger partial charge in [0.2, 0.25) is 0 Å². The molecule has 2 aliphatic heterocycles. The second kappa shape index (κ2) is 6.87. The first kappa shape index (κ1) is 15.0. The van der Waals surface area contributed by atoms with Gasteiger partial charge in [0.25, 0.3) is 0 Å². The molecule has 0 atom stereocenters. The molecule has 110 valence electrons. The lowest BCUT2D eigenvalue weighted by atomic mass is 9.88. The second-order valence-corrected chi connectivity index (χ2v) is 6.27. The number of allylic oxidation sites excluding steroid dienone is 1. The molecule has 0 amide bonds. The van der Waals surface area contributed by atoms with E-state index in [1.54, 1.807) is 5.57 Å². The van der Waals surface area contributed by atoms with E-state index < -0.39 is 0 Å². The first-order chi connectivity index (χ1) is 9.14. The number of rotatable bonds is 5. The van der Waals surface area contributed by atoms with Crippen LogP contribution in [0.15, 0.2) is 11.6 Å². The zero-order chi connectivity index (χ0) is 13.7. The molecule has 2 rings (SSSR count). The summed E-state index contributed by atoms with van der Waals surface area (Å²) in [5.74, 6) is 0. The van der Waals surface area contributed by atoms with Gasteiger partial charge >= 0.3 is 0 Å². The highest BCUT2D eigenvalue weighted by Gasteiger charge is 2.31. The van der Waals surface area contributed by atoms with Crippen molar-refractivity contribution in [3.05, 3.63) is 11.6 Å². The SMILES string of the molecule is CC=C(CCN1CCCC1)C(C)(C)N1CCOCC1. The molecule has 0 bridgehead atoms. The van der Waals surface area contributed by atoms with Gasteiger partial charge in [-0.25, -0.2) is 0 Å². The first-order valence-electron chi connectivity index (χ1n) is 7.85. The summed E-state index contributed by atoms with van der Waals surface area (Å²) in [6.45, 7) is 14.7. The summed E-state index contributed by atoms with van der Waals surface area (Å²) in [6.07, 6.45) is 6.32. The molecule has 2 heterocycles. The Morgan fingerprint density at radius 2 is 1.74 bits per heavy atom. The van der Waals surface area contributed by atoms with Crippen LogP contribution in [0.4, 0.5) is 0 Å². The van der Waals surface area contributed by atoms with Crippen molar-refractivity contribution in [2.45, 2.75) is 45.6 Å². The number of likely N-dealkylation sites (tertiary alicyclic amines) is 1. The van der Waals surface area contributed by atoms with Gasteiger partial charge in [-0.3, -0.25) is 4.90 Å². The molecule has 3 nitrogen and oxygen atoms in total. The van der Waals surface area contributed by atoms with E-state index in [1.807, 2.05) is 0 Å². The molecule has 0 spiro atoms. The van der Waals surface area contributed by atoms with Gasteiger partial charge in [-0.15, -0.1) is 0 Å². The van der Waals surface area contributed by atoms with Crippen LogP contribution in [0.5, 0.6) is 0 Å². The highest BCUT2D eigenvalue weighted by molar-refractivity contribution is 5.18. The highest BCUT2D eigenvalue weighted by atomic mass is 16.5.